The third-order valence-corrected chi connectivity index (χ3v) is 4.14. The molecule has 0 fully saturated rings. The van der Waals surface area contributed by atoms with Crippen LogP contribution in [0, 0.1) is 0 Å². The van der Waals surface area contributed by atoms with Gasteiger partial charge in [-0.15, -0.1) is 0 Å². The zero-order valence-electron chi connectivity index (χ0n) is 14.4. The highest BCUT2D eigenvalue weighted by molar-refractivity contribution is 5.92. The number of methoxy groups -OCH3 is 1. The number of halogens is 3. The van der Waals surface area contributed by atoms with E-state index < -0.39 is 41.5 Å². The largest absolute Gasteiger partial charge is 0.465 e. The fourth-order valence-electron chi connectivity index (χ4n) is 2.87. The van der Waals surface area contributed by atoms with E-state index >= 15 is 0 Å². The molecule has 1 aliphatic heterocycles. The Hall–Kier alpha value is -3.27. The van der Waals surface area contributed by atoms with Crippen molar-refractivity contribution in [3.63, 3.8) is 0 Å². The van der Waals surface area contributed by atoms with Crippen molar-refractivity contribution in [1.82, 2.24) is 0 Å². The maximum atomic E-state index is 12.9. The van der Waals surface area contributed by atoms with Crippen LogP contribution in [0.4, 0.5) is 13.2 Å². The maximum Gasteiger partial charge on any atom is 0.416 e. The van der Waals surface area contributed by atoms with Crippen molar-refractivity contribution < 1.29 is 37.0 Å². The molecule has 148 valence electrons. The highest BCUT2D eigenvalue weighted by Gasteiger charge is 2.39. The average molecular weight is 397 g/mol. The average Bonchev–Trinajstić information content (AvgIpc) is 2.66. The van der Waals surface area contributed by atoms with E-state index in [-0.39, 0.29) is 28.4 Å². The molecule has 2 aromatic rings. The van der Waals surface area contributed by atoms with Crippen LogP contribution in [0.5, 0.6) is 5.75 Å². The van der Waals surface area contributed by atoms with Gasteiger partial charge >= 0.3 is 12.1 Å². The number of carbonyl (C=O) groups excluding carboxylic acids is 1. The third kappa shape index (κ3) is 3.33. The van der Waals surface area contributed by atoms with Gasteiger partial charge in [0.25, 0.3) is 0 Å². The Kier molecular flexibility index (Phi) is 4.90. The molecule has 0 saturated heterocycles. The number of ether oxygens (including phenoxy) is 2. The van der Waals surface area contributed by atoms with Gasteiger partial charge in [0.05, 0.1) is 18.6 Å². The number of esters is 1. The number of rotatable bonds is 3. The normalized spacial score (nSPS) is 16.4. The number of carbonyl (C=O) groups is 1. The molecule has 1 aromatic heterocycles. The van der Waals surface area contributed by atoms with Crippen LogP contribution >= 0.6 is 0 Å². The van der Waals surface area contributed by atoms with Crippen molar-refractivity contribution >= 4 is 5.97 Å². The van der Waals surface area contributed by atoms with Crippen LogP contribution in [-0.4, -0.2) is 18.2 Å². The van der Waals surface area contributed by atoms with Crippen molar-refractivity contribution in [3.05, 3.63) is 74.7 Å². The second-order valence-corrected chi connectivity index (χ2v) is 5.85. The van der Waals surface area contributed by atoms with Crippen LogP contribution < -0.4 is 15.9 Å². The zero-order valence-corrected chi connectivity index (χ0v) is 14.4. The van der Waals surface area contributed by atoms with Gasteiger partial charge in [0, 0.05) is 6.07 Å². The first-order chi connectivity index (χ1) is 13.2. The summed E-state index contributed by atoms with van der Waals surface area (Å²) in [6, 6.07) is 4.89. The number of benzene rings is 1. The molecule has 3 rings (SSSR count). The van der Waals surface area contributed by atoms with Crippen LogP contribution in [0.25, 0.3) is 0 Å². The molecule has 0 bridgehead atoms. The quantitative estimate of drug-likeness (QED) is 0.762. The maximum absolute atomic E-state index is 12.9. The van der Waals surface area contributed by atoms with E-state index in [1.807, 2.05) is 0 Å². The lowest BCUT2D eigenvalue weighted by molar-refractivity contribution is -0.138. The van der Waals surface area contributed by atoms with Crippen LogP contribution in [0.3, 0.4) is 0 Å². The molecule has 0 radical (unpaired) electrons. The van der Waals surface area contributed by atoms with E-state index in [2.05, 4.69) is 4.74 Å². The molecule has 1 aliphatic rings. The summed E-state index contributed by atoms with van der Waals surface area (Å²) >= 11 is 0. The van der Waals surface area contributed by atoms with Crippen molar-refractivity contribution in [2.75, 3.05) is 7.11 Å². The molecular weight excluding hydrogens is 383 g/mol. The lowest BCUT2D eigenvalue weighted by atomic mass is 9.86. The highest BCUT2D eigenvalue weighted by atomic mass is 19.4. The van der Waals surface area contributed by atoms with E-state index in [1.165, 1.54) is 0 Å². The molecule has 2 heterocycles. The van der Waals surface area contributed by atoms with Gasteiger partial charge in [-0.3, -0.25) is 4.79 Å². The smallest absolute Gasteiger partial charge is 0.416 e. The van der Waals surface area contributed by atoms with Gasteiger partial charge in [0.2, 0.25) is 17.1 Å². The summed E-state index contributed by atoms with van der Waals surface area (Å²) in [4.78, 5) is 24.5. The number of aliphatic hydroxyl groups is 1. The first-order valence-corrected chi connectivity index (χ1v) is 7.88. The lowest BCUT2D eigenvalue weighted by Crippen LogP contribution is -2.29. The van der Waals surface area contributed by atoms with Crippen molar-refractivity contribution in [2.24, 2.45) is 5.73 Å². The van der Waals surface area contributed by atoms with Gasteiger partial charge in [-0.05, 0) is 17.7 Å². The molecule has 0 aliphatic carbocycles. The lowest BCUT2D eigenvalue weighted by Gasteiger charge is -2.26. The van der Waals surface area contributed by atoms with Crippen molar-refractivity contribution in [1.29, 1.82) is 0 Å². The Labute approximate surface area is 155 Å². The van der Waals surface area contributed by atoms with Crippen LogP contribution in [-0.2, 0) is 22.3 Å². The molecule has 28 heavy (non-hydrogen) atoms. The monoisotopic (exact) mass is 397 g/mol. The minimum atomic E-state index is -4.55. The molecular formula is C18H14F3NO6. The first-order valence-electron chi connectivity index (χ1n) is 7.88. The summed E-state index contributed by atoms with van der Waals surface area (Å²) in [6.07, 6.45) is -4.55. The number of nitrogens with two attached hydrogens (primary N) is 1. The van der Waals surface area contributed by atoms with Crippen LogP contribution in [0.1, 0.15) is 28.6 Å². The molecule has 0 unspecified atom stereocenters. The van der Waals surface area contributed by atoms with Crippen molar-refractivity contribution in [2.45, 2.75) is 18.7 Å². The Morgan fingerprint density at radius 2 is 1.93 bits per heavy atom. The molecule has 7 nitrogen and oxygen atoms in total. The van der Waals surface area contributed by atoms with Gasteiger partial charge in [0.15, 0.2) is 5.76 Å². The minimum absolute atomic E-state index is 0.117. The number of aliphatic hydroxyl groups excluding tert-OH is 1. The second kappa shape index (κ2) is 7.04. The summed E-state index contributed by atoms with van der Waals surface area (Å²) in [5.41, 5.74) is 4.15. The van der Waals surface area contributed by atoms with Crippen LogP contribution in [0.2, 0.25) is 0 Å². The molecule has 10 heteroatoms. The van der Waals surface area contributed by atoms with Gasteiger partial charge in [-0.25, -0.2) is 4.79 Å². The summed E-state index contributed by atoms with van der Waals surface area (Å²) in [7, 11) is 1.09. The standard InChI is InChI=1S/C18H14F3NO6/c1-26-17(25)13-12(8-2-4-9(5-3-8)18(19,20)21)15-14(28-16(13)22)11(24)6-10(7-23)27-15/h2-6,12,23H,7,22H2,1H3/t12-/m0/s1. The number of fused-ring (bicyclic) bond motifs is 1. The first kappa shape index (κ1) is 19.5. The number of hydrogen-bond acceptors (Lipinski definition) is 7. The van der Waals surface area contributed by atoms with Crippen LogP contribution in [0.15, 0.2) is 51.0 Å². The number of alkyl halides is 3. The summed E-state index contributed by atoms with van der Waals surface area (Å²) in [5.74, 6) is -3.14. The van der Waals surface area contributed by atoms with E-state index in [4.69, 9.17) is 14.9 Å². The van der Waals surface area contributed by atoms with Crippen molar-refractivity contribution in [3.8, 4) is 5.75 Å². The Morgan fingerprint density at radius 3 is 2.46 bits per heavy atom. The summed E-state index contributed by atoms with van der Waals surface area (Å²) in [5, 5.41) is 9.29. The highest BCUT2D eigenvalue weighted by Crippen LogP contribution is 2.42. The second-order valence-electron chi connectivity index (χ2n) is 5.85. The molecule has 0 amide bonds. The van der Waals surface area contributed by atoms with E-state index in [0.29, 0.717) is 0 Å². The van der Waals surface area contributed by atoms with Gasteiger partial charge in [0.1, 0.15) is 17.9 Å². The predicted molar refractivity (Wildman–Crippen MR) is 88.0 cm³/mol. The van der Waals surface area contributed by atoms with E-state index in [0.717, 1.165) is 37.4 Å². The molecule has 0 spiro atoms. The topological polar surface area (TPSA) is 112 Å². The predicted octanol–water partition coefficient (Wildman–Crippen LogP) is 2.02. The van der Waals surface area contributed by atoms with Gasteiger partial charge in [-0.2, -0.15) is 13.2 Å². The zero-order chi connectivity index (χ0) is 20.6. The Bertz CT molecular complexity index is 1010. The summed E-state index contributed by atoms with van der Waals surface area (Å²) in [6.45, 7) is -0.616. The molecule has 0 saturated carbocycles. The summed E-state index contributed by atoms with van der Waals surface area (Å²) < 4.78 is 54.0. The molecule has 1 atom stereocenters. The fourth-order valence-corrected chi connectivity index (χ4v) is 2.87. The molecule has 3 N–H and O–H groups in total. The minimum Gasteiger partial charge on any atom is -0.465 e. The Morgan fingerprint density at radius 1 is 1.29 bits per heavy atom. The number of hydrogen-bond donors (Lipinski definition) is 2. The third-order valence-electron chi connectivity index (χ3n) is 4.14. The van der Waals surface area contributed by atoms with Gasteiger partial charge < -0.3 is 24.7 Å². The molecule has 1 aromatic carbocycles. The fraction of sp³-hybridized carbons (Fsp3) is 0.222. The Balaban J connectivity index is 2.24. The van der Waals surface area contributed by atoms with E-state index in [9.17, 15) is 27.9 Å². The SMILES string of the molecule is COC(=O)C1=C(N)Oc2c(oc(CO)cc2=O)[C@H]1c1ccc(C(F)(F)F)cc1. The van der Waals surface area contributed by atoms with E-state index in [1.54, 1.807) is 0 Å². The van der Waals surface area contributed by atoms with Gasteiger partial charge in [-0.1, -0.05) is 12.1 Å².